The summed E-state index contributed by atoms with van der Waals surface area (Å²) >= 11 is 0. The Morgan fingerprint density at radius 2 is 1.59 bits per heavy atom. The molecule has 2 unspecified atom stereocenters. The predicted molar refractivity (Wildman–Crippen MR) is 132 cm³/mol. The molecular formula is C28H31N3O. The van der Waals surface area contributed by atoms with Crippen LogP contribution in [-0.2, 0) is 17.6 Å². The number of amides is 1. The number of fused-ring (bicyclic) bond motifs is 1. The van der Waals surface area contributed by atoms with Gasteiger partial charge in [-0.25, -0.2) is 0 Å². The summed E-state index contributed by atoms with van der Waals surface area (Å²) in [6, 6.07) is 28.5. The number of carbonyl (C=O) groups excluding carboxylic acids is 1. The van der Waals surface area contributed by atoms with Crippen LogP contribution in [0.4, 0.5) is 0 Å². The lowest BCUT2D eigenvalue weighted by Gasteiger charge is -2.22. The molecule has 0 bridgehead atoms. The van der Waals surface area contributed by atoms with Crippen molar-refractivity contribution in [1.82, 2.24) is 15.6 Å². The van der Waals surface area contributed by atoms with Crippen molar-refractivity contribution in [2.45, 2.75) is 38.3 Å². The minimum Gasteiger partial charge on any atom is -0.361 e. The molecule has 0 aliphatic carbocycles. The zero-order chi connectivity index (χ0) is 22.2. The minimum absolute atomic E-state index is 0.0337. The molecule has 32 heavy (non-hydrogen) atoms. The third-order valence-corrected chi connectivity index (χ3v) is 5.95. The molecule has 4 nitrogen and oxygen atoms in total. The minimum atomic E-state index is -0.295. The average molecular weight is 426 g/mol. The molecule has 4 aromatic rings. The average Bonchev–Trinajstić information content (AvgIpc) is 3.25. The molecule has 4 rings (SSSR count). The van der Waals surface area contributed by atoms with Gasteiger partial charge >= 0.3 is 0 Å². The highest BCUT2D eigenvalue weighted by molar-refractivity contribution is 5.86. The van der Waals surface area contributed by atoms with Gasteiger partial charge in [0.2, 0.25) is 5.91 Å². The summed E-state index contributed by atoms with van der Waals surface area (Å²) in [6.45, 7) is 2.82. The number of nitrogens with one attached hydrogen (secondary N) is 3. The summed E-state index contributed by atoms with van der Waals surface area (Å²) in [6.07, 6.45) is 4.64. The molecule has 0 saturated heterocycles. The Hall–Kier alpha value is -3.37. The first-order valence-corrected chi connectivity index (χ1v) is 11.4. The van der Waals surface area contributed by atoms with Gasteiger partial charge in [0.15, 0.2) is 0 Å². The van der Waals surface area contributed by atoms with Crippen LogP contribution in [0, 0.1) is 0 Å². The Kier molecular flexibility index (Phi) is 7.36. The van der Waals surface area contributed by atoms with Crippen molar-refractivity contribution >= 4 is 16.8 Å². The molecule has 2 atom stereocenters. The van der Waals surface area contributed by atoms with Gasteiger partial charge in [-0.15, -0.1) is 0 Å². The SMILES string of the molecule is CC(NC(=O)C(Cc1c[nH]c2ccccc12)NCCCc1ccccc1)c1ccccc1. The van der Waals surface area contributed by atoms with Crippen LogP contribution in [0.1, 0.15) is 36.1 Å². The monoisotopic (exact) mass is 425 g/mol. The Morgan fingerprint density at radius 1 is 0.906 bits per heavy atom. The fourth-order valence-electron chi connectivity index (χ4n) is 4.13. The van der Waals surface area contributed by atoms with E-state index in [2.05, 4.69) is 52.0 Å². The molecule has 0 fully saturated rings. The van der Waals surface area contributed by atoms with Crippen LogP contribution in [-0.4, -0.2) is 23.5 Å². The van der Waals surface area contributed by atoms with Gasteiger partial charge < -0.3 is 15.6 Å². The summed E-state index contributed by atoms with van der Waals surface area (Å²) in [7, 11) is 0. The Balaban J connectivity index is 1.43. The first-order chi connectivity index (χ1) is 15.7. The lowest BCUT2D eigenvalue weighted by atomic mass is 10.0. The molecule has 1 heterocycles. The van der Waals surface area contributed by atoms with Gasteiger partial charge in [-0.1, -0.05) is 78.9 Å². The standard InChI is InChI=1S/C28H31N3O/c1-21(23-14-6-3-7-15-23)31-28(32)27(29-18-10-13-22-11-4-2-5-12-22)19-24-20-30-26-17-9-8-16-25(24)26/h2-9,11-12,14-17,20-21,27,29-30H,10,13,18-19H2,1H3,(H,31,32). The van der Waals surface area contributed by atoms with Gasteiger partial charge in [0, 0.05) is 17.1 Å². The fraction of sp³-hybridized carbons (Fsp3) is 0.250. The molecule has 0 aliphatic heterocycles. The number of benzene rings is 3. The number of H-pyrrole nitrogens is 1. The maximum absolute atomic E-state index is 13.3. The van der Waals surface area contributed by atoms with E-state index in [0.717, 1.165) is 36.0 Å². The van der Waals surface area contributed by atoms with Crippen molar-refractivity contribution in [3.05, 3.63) is 108 Å². The lowest BCUT2D eigenvalue weighted by molar-refractivity contribution is -0.123. The summed E-state index contributed by atoms with van der Waals surface area (Å²) in [4.78, 5) is 16.6. The number of hydrogen-bond acceptors (Lipinski definition) is 2. The van der Waals surface area contributed by atoms with Crippen molar-refractivity contribution in [1.29, 1.82) is 0 Å². The molecule has 3 N–H and O–H groups in total. The maximum Gasteiger partial charge on any atom is 0.237 e. The largest absolute Gasteiger partial charge is 0.361 e. The smallest absolute Gasteiger partial charge is 0.237 e. The number of carbonyl (C=O) groups is 1. The van der Waals surface area contributed by atoms with Gasteiger partial charge in [-0.05, 0) is 55.5 Å². The molecule has 0 aliphatic rings. The highest BCUT2D eigenvalue weighted by atomic mass is 16.2. The first-order valence-electron chi connectivity index (χ1n) is 11.4. The Bertz CT molecular complexity index is 1120. The second-order valence-corrected chi connectivity index (χ2v) is 8.30. The number of rotatable bonds is 10. The normalized spacial score (nSPS) is 13.0. The molecule has 1 amide bonds. The van der Waals surface area contributed by atoms with Crippen molar-refractivity contribution < 1.29 is 4.79 Å². The van der Waals surface area contributed by atoms with E-state index in [9.17, 15) is 4.79 Å². The molecule has 0 radical (unpaired) electrons. The molecule has 0 spiro atoms. The molecule has 4 heteroatoms. The summed E-state index contributed by atoms with van der Waals surface area (Å²) in [5, 5.41) is 7.90. The van der Waals surface area contributed by atoms with Crippen molar-refractivity contribution in [2.24, 2.45) is 0 Å². The van der Waals surface area contributed by atoms with Gasteiger partial charge in [0.1, 0.15) is 0 Å². The second kappa shape index (κ2) is 10.8. The first kappa shape index (κ1) is 21.8. The Morgan fingerprint density at radius 3 is 2.38 bits per heavy atom. The molecule has 0 saturated carbocycles. The number of hydrogen-bond donors (Lipinski definition) is 3. The van der Waals surface area contributed by atoms with E-state index >= 15 is 0 Å². The van der Waals surface area contributed by atoms with E-state index in [1.807, 2.05) is 61.7 Å². The van der Waals surface area contributed by atoms with Crippen LogP contribution in [0.5, 0.6) is 0 Å². The predicted octanol–water partition coefficient (Wildman–Crippen LogP) is 5.18. The molecule has 3 aromatic carbocycles. The van der Waals surface area contributed by atoms with E-state index in [1.165, 1.54) is 10.9 Å². The zero-order valence-corrected chi connectivity index (χ0v) is 18.6. The molecular weight excluding hydrogens is 394 g/mol. The topological polar surface area (TPSA) is 56.9 Å². The van der Waals surface area contributed by atoms with Crippen LogP contribution < -0.4 is 10.6 Å². The van der Waals surface area contributed by atoms with E-state index in [1.54, 1.807) is 0 Å². The van der Waals surface area contributed by atoms with Crippen LogP contribution in [0.2, 0.25) is 0 Å². The van der Waals surface area contributed by atoms with Crippen LogP contribution >= 0.6 is 0 Å². The number of aromatic nitrogens is 1. The summed E-state index contributed by atoms with van der Waals surface area (Å²) in [5.41, 5.74) is 4.69. The number of aromatic amines is 1. The zero-order valence-electron chi connectivity index (χ0n) is 18.6. The number of aryl methyl sites for hydroxylation is 1. The fourth-order valence-corrected chi connectivity index (χ4v) is 4.13. The van der Waals surface area contributed by atoms with Crippen LogP contribution in [0.25, 0.3) is 10.9 Å². The highest BCUT2D eigenvalue weighted by Crippen LogP contribution is 2.20. The summed E-state index contributed by atoms with van der Waals surface area (Å²) in [5.74, 6) is 0.0337. The molecule has 1 aromatic heterocycles. The van der Waals surface area contributed by atoms with Gasteiger partial charge in [0.25, 0.3) is 0 Å². The lowest BCUT2D eigenvalue weighted by Crippen LogP contribution is -2.46. The maximum atomic E-state index is 13.3. The molecule has 164 valence electrons. The van der Waals surface area contributed by atoms with Crippen molar-refractivity contribution in [2.75, 3.05) is 6.54 Å². The van der Waals surface area contributed by atoms with Gasteiger partial charge in [-0.2, -0.15) is 0 Å². The van der Waals surface area contributed by atoms with E-state index < -0.39 is 0 Å². The van der Waals surface area contributed by atoms with Crippen LogP contribution in [0.3, 0.4) is 0 Å². The quantitative estimate of drug-likeness (QED) is 0.307. The second-order valence-electron chi connectivity index (χ2n) is 8.30. The van der Waals surface area contributed by atoms with Gasteiger partial charge in [-0.3, -0.25) is 4.79 Å². The number of para-hydroxylation sites is 1. The van der Waals surface area contributed by atoms with Crippen molar-refractivity contribution in [3.8, 4) is 0 Å². The van der Waals surface area contributed by atoms with Gasteiger partial charge in [0.05, 0.1) is 12.1 Å². The van der Waals surface area contributed by atoms with Crippen molar-refractivity contribution in [3.63, 3.8) is 0 Å². The third kappa shape index (κ3) is 5.65. The van der Waals surface area contributed by atoms with E-state index in [0.29, 0.717) is 6.42 Å². The Labute approximate surface area is 190 Å². The highest BCUT2D eigenvalue weighted by Gasteiger charge is 2.22. The van der Waals surface area contributed by atoms with E-state index in [4.69, 9.17) is 0 Å². The van der Waals surface area contributed by atoms with Crippen LogP contribution in [0.15, 0.2) is 91.1 Å². The third-order valence-electron chi connectivity index (χ3n) is 5.95. The van der Waals surface area contributed by atoms with E-state index in [-0.39, 0.29) is 18.0 Å². The summed E-state index contributed by atoms with van der Waals surface area (Å²) < 4.78 is 0.